The van der Waals surface area contributed by atoms with Gasteiger partial charge in [0.15, 0.2) is 0 Å². The van der Waals surface area contributed by atoms with E-state index in [4.69, 9.17) is 29.6 Å². The van der Waals surface area contributed by atoms with Gasteiger partial charge in [-0.15, -0.1) is 0 Å². The van der Waals surface area contributed by atoms with Crippen LogP contribution in [0.25, 0.3) is 10.9 Å². The first-order valence-corrected chi connectivity index (χ1v) is 8.00. The van der Waals surface area contributed by atoms with Crippen LogP contribution < -0.4 is 10.5 Å². The number of nitrogens with one attached hydrogen (secondary N) is 1. The van der Waals surface area contributed by atoms with E-state index in [1.165, 1.54) is 6.92 Å². The van der Waals surface area contributed by atoms with Crippen LogP contribution in [0.3, 0.4) is 0 Å². The highest BCUT2D eigenvalue weighted by Gasteiger charge is 2.24. The van der Waals surface area contributed by atoms with Gasteiger partial charge >= 0.3 is 0 Å². The second-order valence-electron chi connectivity index (χ2n) is 4.19. The van der Waals surface area contributed by atoms with Gasteiger partial charge in [0.1, 0.15) is 5.25 Å². The lowest BCUT2D eigenvalue weighted by molar-refractivity contribution is 0.598. The van der Waals surface area contributed by atoms with Crippen LogP contribution in [0, 0.1) is 0 Å². The number of nitrogens with zero attached hydrogens (tertiary/aromatic N) is 1. The first-order valence-electron chi connectivity index (χ1n) is 5.67. The summed E-state index contributed by atoms with van der Waals surface area (Å²) >= 11 is 10.8. The average molecular weight is 330 g/mol. The number of aromatic nitrogens is 1. The molecule has 0 radical (unpaired) electrons. The number of hydrogen-bond acceptors (Lipinski definition) is 4. The number of hydrogen-bond donors (Lipinski definition) is 2. The maximum Gasteiger partial charge on any atom is 0.241 e. The van der Waals surface area contributed by atoms with Crippen LogP contribution >= 0.6 is 23.8 Å². The van der Waals surface area contributed by atoms with Crippen LogP contribution in [-0.4, -0.2) is 23.6 Å². The van der Waals surface area contributed by atoms with E-state index in [1.54, 1.807) is 30.5 Å². The lowest BCUT2D eigenvalue weighted by Gasteiger charge is -2.14. The standard InChI is InChI=1S/C12H12ClN3O2S2/c1-7(12(14)19)20(17,18)16-10-5-4-9(13)8-3-2-6-15-11(8)10/h2-7,16H,1H3,(H2,14,19). The Hall–Kier alpha value is -1.44. The molecule has 0 aliphatic heterocycles. The number of sulfonamides is 1. The van der Waals surface area contributed by atoms with Crippen molar-refractivity contribution in [2.24, 2.45) is 5.73 Å². The number of halogens is 1. The Bertz CT molecular complexity index is 777. The molecule has 2 aromatic rings. The smallest absolute Gasteiger partial charge is 0.241 e. The molecule has 0 bridgehead atoms. The first-order chi connectivity index (χ1) is 9.33. The summed E-state index contributed by atoms with van der Waals surface area (Å²) in [6, 6.07) is 6.65. The Balaban J connectivity index is 2.51. The summed E-state index contributed by atoms with van der Waals surface area (Å²) in [5.41, 5.74) is 6.20. The van der Waals surface area contributed by atoms with Crippen molar-refractivity contribution in [3.63, 3.8) is 0 Å². The van der Waals surface area contributed by atoms with Gasteiger partial charge in [-0.25, -0.2) is 8.42 Å². The monoisotopic (exact) mass is 329 g/mol. The van der Waals surface area contributed by atoms with Gasteiger partial charge in [0.2, 0.25) is 10.0 Å². The van der Waals surface area contributed by atoms with E-state index in [2.05, 4.69) is 9.71 Å². The molecule has 0 aliphatic rings. The van der Waals surface area contributed by atoms with Crippen molar-refractivity contribution in [1.29, 1.82) is 0 Å². The van der Waals surface area contributed by atoms with Crippen molar-refractivity contribution in [3.05, 3.63) is 35.5 Å². The van der Waals surface area contributed by atoms with E-state index in [9.17, 15) is 8.42 Å². The molecule has 1 aromatic heterocycles. The first kappa shape index (κ1) is 15.0. The van der Waals surface area contributed by atoms with Gasteiger partial charge in [0.25, 0.3) is 0 Å². The zero-order chi connectivity index (χ0) is 14.9. The summed E-state index contributed by atoms with van der Waals surface area (Å²) in [5.74, 6) is 0. The number of rotatable bonds is 4. The molecule has 106 valence electrons. The van der Waals surface area contributed by atoms with Gasteiger partial charge < -0.3 is 5.73 Å². The van der Waals surface area contributed by atoms with Crippen molar-refractivity contribution >= 4 is 55.4 Å². The number of benzene rings is 1. The van der Waals surface area contributed by atoms with Crippen LogP contribution in [0.5, 0.6) is 0 Å². The summed E-state index contributed by atoms with van der Waals surface area (Å²) in [6.07, 6.45) is 1.56. The van der Waals surface area contributed by atoms with Gasteiger partial charge in [-0.3, -0.25) is 9.71 Å². The maximum absolute atomic E-state index is 12.1. The van der Waals surface area contributed by atoms with E-state index in [0.29, 0.717) is 21.6 Å². The minimum atomic E-state index is -3.72. The normalized spacial score (nSPS) is 13.1. The minimum Gasteiger partial charge on any atom is -0.392 e. The number of fused-ring (bicyclic) bond motifs is 1. The van der Waals surface area contributed by atoms with Crippen molar-refractivity contribution < 1.29 is 8.42 Å². The zero-order valence-electron chi connectivity index (χ0n) is 10.5. The van der Waals surface area contributed by atoms with Gasteiger partial charge in [0, 0.05) is 11.6 Å². The highest BCUT2D eigenvalue weighted by atomic mass is 35.5. The molecule has 1 aromatic carbocycles. The number of anilines is 1. The largest absolute Gasteiger partial charge is 0.392 e. The molecule has 0 amide bonds. The molecule has 20 heavy (non-hydrogen) atoms. The number of nitrogens with two attached hydrogens (primary N) is 1. The van der Waals surface area contributed by atoms with Crippen LogP contribution in [-0.2, 0) is 10.0 Å². The summed E-state index contributed by atoms with van der Waals surface area (Å²) in [4.78, 5) is 4.06. The Morgan fingerprint density at radius 2 is 2.15 bits per heavy atom. The minimum absolute atomic E-state index is 0.0938. The third kappa shape index (κ3) is 2.84. The van der Waals surface area contributed by atoms with E-state index >= 15 is 0 Å². The summed E-state index contributed by atoms with van der Waals surface area (Å²) in [5, 5.41) is 0.183. The van der Waals surface area contributed by atoms with Crippen molar-refractivity contribution in [2.45, 2.75) is 12.2 Å². The summed E-state index contributed by atoms with van der Waals surface area (Å²) in [6.45, 7) is 1.43. The molecule has 0 saturated carbocycles. The highest BCUT2D eigenvalue weighted by molar-refractivity contribution is 7.95. The molecule has 1 unspecified atom stereocenters. The molecule has 0 spiro atoms. The fourth-order valence-electron chi connectivity index (χ4n) is 1.61. The molecule has 1 heterocycles. The molecule has 3 N–H and O–H groups in total. The third-order valence-electron chi connectivity index (χ3n) is 2.83. The molecule has 0 fully saturated rings. The topological polar surface area (TPSA) is 85.1 Å². The van der Waals surface area contributed by atoms with Crippen LogP contribution in [0.1, 0.15) is 6.92 Å². The van der Waals surface area contributed by atoms with Crippen molar-refractivity contribution in [2.75, 3.05) is 4.72 Å². The Kier molecular flexibility index (Phi) is 4.12. The fourth-order valence-corrected chi connectivity index (χ4v) is 3.16. The van der Waals surface area contributed by atoms with Gasteiger partial charge in [-0.2, -0.15) is 0 Å². The van der Waals surface area contributed by atoms with Crippen LogP contribution in [0.4, 0.5) is 5.69 Å². The Labute approximate surface area is 127 Å². The molecular formula is C12H12ClN3O2S2. The van der Waals surface area contributed by atoms with Gasteiger partial charge in [-0.1, -0.05) is 23.8 Å². The Morgan fingerprint density at radius 1 is 1.45 bits per heavy atom. The van der Waals surface area contributed by atoms with E-state index in [1.807, 2.05) is 0 Å². The van der Waals surface area contributed by atoms with Crippen molar-refractivity contribution in [1.82, 2.24) is 4.98 Å². The predicted molar refractivity (Wildman–Crippen MR) is 85.5 cm³/mol. The molecule has 0 aliphatic carbocycles. The van der Waals surface area contributed by atoms with E-state index < -0.39 is 15.3 Å². The lowest BCUT2D eigenvalue weighted by atomic mass is 10.2. The predicted octanol–water partition coefficient (Wildman–Crippen LogP) is 2.30. The fraction of sp³-hybridized carbons (Fsp3) is 0.167. The summed E-state index contributed by atoms with van der Waals surface area (Å²) < 4.78 is 26.7. The lowest BCUT2D eigenvalue weighted by Crippen LogP contribution is -2.35. The average Bonchev–Trinajstić information content (AvgIpc) is 2.41. The number of pyridine rings is 1. The molecule has 2 rings (SSSR count). The second kappa shape index (κ2) is 5.51. The summed E-state index contributed by atoms with van der Waals surface area (Å²) in [7, 11) is -3.72. The van der Waals surface area contributed by atoms with Crippen LogP contribution in [0.15, 0.2) is 30.5 Å². The molecule has 8 heteroatoms. The zero-order valence-corrected chi connectivity index (χ0v) is 12.9. The maximum atomic E-state index is 12.1. The SMILES string of the molecule is CC(C(N)=S)S(=O)(=O)Nc1ccc(Cl)c2cccnc12. The van der Waals surface area contributed by atoms with Gasteiger partial charge in [0.05, 0.1) is 21.2 Å². The third-order valence-corrected chi connectivity index (χ3v) is 5.36. The van der Waals surface area contributed by atoms with E-state index in [-0.39, 0.29) is 4.99 Å². The second-order valence-corrected chi connectivity index (χ2v) is 7.07. The molecule has 1 atom stereocenters. The molecular weight excluding hydrogens is 318 g/mol. The quantitative estimate of drug-likeness (QED) is 0.841. The van der Waals surface area contributed by atoms with Crippen molar-refractivity contribution in [3.8, 4) is 0 Å². The van der Waals surface area contributed by atoms with Gasteiger partial charge in [-0.05, 0) is 31.2 Å². The van der Waals surface area contributed by atoms with E-state index in [0.717, 1.165) is 0 Å². The molecule has 0 saturated heterocycles. The molecule has 5 nitrogen and oxygen atoms in total. The Morgan fingerprint density at radius 3 is 2.80 bits per heavy atom. The van der Waals surface area contributed by atoms with Crippen LogP contribution in [0.2, 0.25) is 5.02 Å². The highest BCUT2D eigenvalue weighted by Crippen LogP contribution is 2.28. The number of thiocarbonyl (C=S) groups is 1.